The molecule has 0 saturated carbocycles. The summed E-state index contributed by atoms with van der Waals surface area (Å²) >= 11 is 0. The quantitative estimate of drug-likeness (QED) is 0.706. The Morgan fingerprint density at radius 1 is 1.33 bits per heavy atom. The number of aromatic amines is 1. The van der Waals surface area contributed by atoms with Crippen molar-refractivity contribution in [1.29, 1.82) is 5.26 Å². The van der Waals surface area contributed by atoms with Crippen molar-refractivity contribution in [3.05, 3.63) is 33.7 Å². The van der Waals surface area contributed by atoms with Crippen molar-refractivity contribution >= 4 is 0 Å². The molecule has 4 heteroatoms. The molecule has 0 bridgehead atoms. The predicted molar refractivity (Wildman–Crippen MR) is 56.6 cm³/mol. The summed E-state index contributed by atoms with van der Waals surface area (Å²) in [7, 11) is 0. The van der Waals surface area contributed by atoms with E-state index in [0.29, 0.717) is 5.92 Å². The third kappa shape index (κ3) is 2.08. The standard InChI is InChI=1S/C11H13N3O/c12-7-9-1-2-10(14-11(9)15)8-3-5-13-6-4-8/h1-2,8,13H,3-6H2,(H,14,15). The van der Waals surface area contributed by atoms with E-state index in [9.17, 15) is 4.79 Å². The van der Waals surface area contributed by atoms with E-state index in [1.54, 1.807) is 6.07 Å². The highest BCUT2D eigenvalue weighted by Gasteiger charge is 2.16. The van der Waals surface area contributed by atoms with Crippen molar-refractivity contribution in [3.8, 4) is 6.07 Å². The van der Waals surface area contributed by atoms with E-state index in [0.717, 1.165) is 31.6 Å². The molecule has 1 aliphatic rings. The molecule has 0 atom stereocenters. The molecule has 1 aromatic heterocycles. The molecule has 78 valence electrons. The first-order valence-corrected chi connectivity index (χ1v) is 5.15. The SMILES string of the molecule is N#Cc1ccc(C2CCNCC2)[nH]c1=O. The highest BCUT2D eigenvalue weighted by atomic mass is 16.1. The van der Waals surface area contributed by atoms with E-state index in [1.807, 2.05) is 12.1 Å². The average molecular weight is 203 g/mol. The van der Waals surface area contributed by atoms with Crippen LogP contribution in [0.25, 0.3) is 0 Å². The zero-order valence-corrected chi connectivity index (χ0v) is 8.42. The van der Waals surface area contributed by atoms with Gasteiger partial charge in [0.15, 0.2) is 0 Å². The maximum atomic E-state index is 11.4. The number of nitriles is 1. The van der Waals surface area contributed by atoms with Crippen LogP contribution in [0.2, 0.25) is 0 Å². The number of hydrogen-bond acceptors (Lipinski definition) is 3. The molecule has 1 aromatic rings. The molecule has 2 heterocycles. The Morgan fingerprint density at radius 2 is 2.07 bits per heavy atom. The zero-order valence-electron chi connectivity index (χ0n) is 8.42. The van der Waals surface area contributed by atoms with E-state index in [1.165, 1.54) is 0 Å². The van der Waals surface area contributed by atoms with Gasteiger partial charge in [0.05, 0.1) is 0 Å². The summed E-state index contributed by atoms with van der Waals surface area (Å²) in [6.45, 7) is 1.99. The van der Waals surface area contributed by atoms with Crippen molar-refractivity contribution < 1.29 is 0 Å². The molecule has 15 heavy (non-hydrogen) atoms. The summed E-state index contributed by atoms with van der Waals surface area (Å²) in [4.78, 5) is 14.2. The fraction of sp³-hybridized carbons (Fsp3) is 0.455. The largest absolute Gasteiger partial charge is 0.325 e. The highest BCUT2D eigenvalue weighted by Crippen LogP contribution is 2.22. The lowest BCUT2D eigenvalue weighted by atomic mass is 9.94. The second-order valence-electron chi connectivity index (χ2n) is 3.79. The van der Waals surface area contributed by atoms with Gasteiger partial charge in [0.25, 0.3) is 5.56 Å². The maximum Gasteiger partial charge on any atom is 0.266 e. The van der Waals surface area contributed by atoms with E-state index < -0.39 is 0 Å². The molecular weight excluding hydrogens is 190 g/mol. The van der Waals surface area contributed by atoms with Crippen LogP contribution in [0.5, 0.6) is 0 Å². The molecule has 4 nitrogen and oxygen atoms in total. The molecule has 0 amide bonds. The number of hydrogen-bond donors (Lipinski definition) is 2. The Hall–Kier alpha value is -1.60. The second-order valence-corrected chi connectivity index (χ2v) is 3.79. The number of aromatic nitrogens is 1. The first-order chi connectivity index (χ1) is 7.31. The van der Waals surface area contributed by atoms with Crippen LogP contribution in [0.1, 0.15) is 30.0 Å². The van der Waals surface area contributed by atoms with Gasteiger partial charge in [-0.25, -0.2) is 0 Å². The van der Waals surface area contributed by atoms with E-state index in [2.05, 4.69) is 10.3 Å². The lowest BCUT2D eigenvalue weighted by Crippen LogP contribution is -2.28. The van der Waals surface area contributed by atoms with Crippen LogP contribution < -0.4 is 10.9 Å². The van der Waals surface area contributed by atoms with Gasteiger partial charge in [-0.2, -0.15) is 5.26 Å². The molecule has 0 radical (unpaired) electrons. The van der Waals surface area contributed by atoms with Gasteiger partial charge in [0, 0.05) is 11.6 Å². The molecule has 0 aliphatic carbocycles. The average Bonchev–Trinajstić information content (AvgIpc) is 2.30. The molecule has 2 N–H and O–H groups in total. The van der Waals surface area contributed by atoms with Crippen molar-refractivity contribution in [3.63, 3.8) is 0 Å². The van der Waals surface area contributed by atoms with E-state index in [4.69, 9.17) is 5.26 Å². The number of rotatable bonds is 1. The van der Waals surface area contributed by atoms with Gasteiger partial charge < -0.3 is 10.3 Å². The van der Waals surface area contributed by atoms with Crippen LogP contribution in [0.3, 0.4) is 0 Å². The normalized spacial score (nSPS) is 17.3. The Labute approximate surface area is 87.9 Å². The van der Waals surface area contributed by atoms with Gasteiger partial charge in [-0.05, 0) is 38.1 Å². The fourth-order valence-electron chi connectivity index (χ4n) is 1.95. The first kappa shape index (κ1) is 9.94. The van der Waals surface area contributed by atoms with Crippen molar-refractivity contribution in [2.45, 2.75) is 18.8 Å². The van der Waals surface area contributed by atoms with Crippen LogP contribution in [-0.2, 0) is 0 Å². The zero-order chi connectivity index (χ0) is 10.7. The summed E-state index contributed by atoms with van der Waals surface area (Å²) < 4.78 is 0. The summed E-state index contributed by atoms with van der Waals surface area (Å²) in [5.74, 6) is 0.423. The summed E-state index contributed by atoms with van der Waals surface area (Å²) in [6, 6.07) is 5.33. The van der Waals surface area contributed by atoms with Gasteiger partial charge in [-0.3, -0.25) is 4.79 Å². The third-order valence-electron chi connectivity index (χ3n) is 2.83. The fourth-order valence-corrected chi connectivity index (χ4v) is 1.95. The minimum atomic E-state index is -0.270. The lowest BCUT2D eigenvalue weighted by molar-refractivity contribution is 0.452. The number of pyridine rings is 1. The van der Waals surface area contributed by atoms with Gasteiger partial charge in [0.2, 0.25) is 0 Å². The van der Waals surface area contributed by atoms with E-state index in [-0.39, 0.29) is 11.1 Å². The summed E-state index contributed by atoms with van der Waals surface area (Å²) in [5, 5.41) is 11.9. The van der Waals surface area contributed by atoms with Crippen molar-refractivity contribution in [2.24, 2.45) is 0 Å². The summed E-state index contributed by atoms with van der Waals surface area (Å²) in [6.07, 6.45) is 2.09. The molecule has 0 unspecified atom stereocenters. The molecular formula is C11H13N3O. The van der Waals surface area contributed by atoms with Crippen LogP contribution in [0.4, 0.5) is 0 Å². The number of H-pyrrole nitrogens is 1. The molecule has 0 spiro atoms. The van der Waals surface area contributed by atoms with Crippen LogP contribution in [0, 0.1) is 11.3 Å². The van der Waals surface area contributed by atoms with Gasteiger partial charge >= 0.3 is 0 Å². The van der Waals surface area contributed by atoms with Gasteiger partial charge in [0.1, 0.15) is 11.6 Å². The van der Waals surface area contributed by atoms with Gasteiger partial charge in [-0.1, -0.05) is 0 Å². The Bertz CT molecular complexity index is 438. The molecule has 1 aliphatic heterocycles. The number of nitrogens with one attached hydrogen (secondary N) is 2. The van der Waals surface area contributed by atoms with Crippen molar-refractivity contribution in [1.82, 2.24) is 10.3 Å². The Kier molecular flexibility index (Phi) is 2.84. The number of nitrogens with zero attached hydrogens (tertiary/aromatic N) is 1. The number of piperidine rings is 1. The van der Waals surface area contributed by atoms with Crippen LogP contribution in [0.15, 0.2) is 16.9 Å². The monoisotopic (exact) mass is 203 g/mol. The van der Waals surface area contributed by atoms with Gasteiger partial charge in [-0.15, -0.1) is 0 Å². The molecule has 2 rings (SSSR count). The molecule has 0 aromatic carbocycles. The summed E-state index contributed by atoms with van der Waals surface area (Å²) in [5.41, 5.74) is 0.877. The van der Waals surface area contributed by atoms with Crippen molar-refractivity contribution in [2.75, 3.05) is 13.1 Å². The first-order valence-electron chi connectivity index (χ1n) is 5.15. The highest BCUT2D eigenvalue weighted by molar-refractivity contribution is 5.27. The topological polar surface area (TPSA) is 68.7 Å². The van der Waals surface area contributed by atoms with Crippen LogP contribution in [-0.4, -0.2) is 18.1 Å². The minimum absolute atomic E-state index is 0.188. The molecule has 1 fully saturated rings. The van der Waals surface area contributed by atoms with Crippen LogP contribution >= 0.6 is 0 Å². The second kappa shape index (κ2) is 4.28. The van der Waals surface area contributed by atoms with E-state index >= 15 is 0 Å². The maximum absolute atomic E-state index is 11.4. The third-order valence-corrected chi connectivity index (χ3v) is 2.83. The Balaban J connectivity index is 2.26. The smallest absolute Gasteiger partial charge is 0.266 e. The molecule has 1 saturated heterocycles. The lowest BCUT2D eigenvalue weighted by Gasteiger charge is -2.22. The minimum Gasteiger partial charge on any atom is -0.325 e. The predicted octanol–water partition coefficient (Wildman–Crippen LogP) is 0.714. The Morgan fingerprint density at radius 3 is 2.67 bits per heavy atom.